The van der Waals surface area contributed by atoms with E-state index in [-0.39, 0.29) is 29.2 Å². The SMILES string of the molecule is CC(C)N1CCC(NC(=O)c2nc3c(C(=O)O)scc3n2Cc2cc(-c3ccc(Cl)s3)on2)CC1. The normalized spacial score (nSPS) is 15.3. The van der Waals surface area contributed by atoms with Gasteiger partial charge in [-0.1, -0.05) is 16.8 Å². The zero-order chi connectivity index (χ0) is 24.7. The number of thiophene rings is 2. The summed E-state index contributed by atoms with van der Waals surface area (Å²) in [4.78, 5) is 32.8. The van der Waals surface area contributed by atoms with E-state index in [2.05, 4.69) is 34.2 Å². The number of likely N-dealkylation sites (tertiary alicyclic amines) is 1. The van der Waals surface area contributed by atoms with Crippen molar-refractivity contribution in [3.8, 4) is 10.6 Å². The summed E-state index contributed by atoms with van der Waals surface area (Å²) in [5.41, 5.74) is 1.47. The van der Waals surface area contributed by atoms with Crippen LogP contribution in [0.4, 0.5) is 0 Å². The summed E-state index contributed by atoms with van der Waals surface area (Å²) in [5, 5.41) is 18.6. The second-order valence-corrected chi connectivity index (χ2v) is 11.4. The van der Waals surface area contributed by atoms with Gasteiger partial charge >= 0.3 is 5.97 Å². The van der Waals surface area contributed by atoms with Crippen molar-refractivity contribution in [2.24, 2.45) is 0 Å². The average molecular weight is 534 g/mol. The molecule has 12 heteroatoms. The molecule has 0 spiro atoms. The van der Waals surface area contributed by atoms with Crippen LogP contribution in [0.2, 0.25) is 4.34 Å². The number of nitrogens with one attached hydrogen (secondary N) is 1. The van der Waals surface area contributed by atoms with Crippen molar-refractivity contribution < 1.29 is 19.2 Å². The number of nitrogens with zero attached hydrogens (tertiary/aromatic N) is 4. The van der Waals surface area contributed by atoms with Gasteiger partial charge in [0.15, 0.2) is 11.6 Å². The van der Waals surface area contributed by atoms with Crippen molar-refractivity contribution in [3.63, 3.8) is 0 Å². The third kappa shape index (κ3) is 4.86. The number of rotatable bonds is 7. The predicted molar refractivity (Wildman–Crippen MR) is 136 cm³/mol. The fourth-order valence-electron chi connectivity index (χ4n) is 4.33. The molecule has 5 heterocycles. The number of carbonyl (C=O) groups is 2. The molecule has 0 bridgehead atoms. The maximum atomic E-state index is 13.3. The van der Waals surface area contributed by atoms with Crippen molar-refractivity contribution in [3.05, 3.63) is 44.3 Å². The molecule has 4 aromatic rings. The van der Waals surface area contributed by atoms with Crippen LogP contribution in [0.3, 0.4) is 0 Å². The van der Waals surface area contributed by atoms with Gasteiger partial charge < -0.3 is 24.4 Å². The minimum atomic E-state index is -1.07. The Kier molecular flexibility index (Phi) is 6.67. The Morgan fingerprint density at radius 1 is 1.31 bits per heavy atom. The van der Waals surface area contributed by atoms with Crippen LogP contribution in [0.1, 0.15) is 52.7 Å². The Balaban J connectivity index is 1.42. The first-order chi connectivity index (χ1) is 16.8. The summed E-state index contributed by atoms with van der Waals surface area (Å²) >= 11 is 8.51. The lowest BCUT2D eigenvalue weighted by Gasteiger charge is -2.34. The summed E-state index contributed by atoms with van der Waals surface area (Å²) in [7, 11) is 0. The molecule has 1 saturated heterocycles. The molecule has 1 aliphatic heterocycles. The Bertz CT molecular complexity index is 1380. The highest BCUT2D eigenvalue weighted by molar-refractivity contribution is 7.19. The summed E-state index contributed by atoms with van der Waals surface area (Å²) < 4.78 is 7.84. The summed E-state index contributed by atoms with van der Waals surface area (Å²) in [5.74, 6) is -0.645. The first-order valence-electron chi connectivity index (χ1n) is 11.3. The minimum absolute atomic E-state index is 0.0426. The van der Waals surface area contributed by atoms with Gasteiger partial charge in [0.1, 0.15) is 16.1 Å². The molecule has 1 fully saturated rings. The second kappa shape index (κ2) is 9.73. The first kappa shape index (κ1) is 24.0. The van der Waals surface area contributed by atoms with Gasteiger partial charge in [-0.05, 0) is 38.8 Å². The molecular weight excluding hydrogens is 510 g/mol. The molecule has 5 rings (SSSR count). The number of hydrogen-bond donors (Lipinski definition) is 2. The van der Waals surface area contributed by atoms with Crippen molar-refractivity contribution in [1.82, 2.24) is 24.9 Å². The number of imidazole rings is 1. The molecule has 1 amide bonds. The summed E-state index contributed by atoms with van der Waals surface area (Å²) in [6, 6.07) is 5.96. The number of fused-ring (bicyclic) bond motifs is 1. The number of carboxylic acid groups (broad SMARTS) is 1. The van der Waals surface area contributed by atoms with Crippen LogP contribution in [-0.2, 0) is 6.54 Å². The van der Waals surface area contributed by atoms with E-state index in [0.29, 0.717) is 32.9 Å². The largest absolute Gasteiger partial charge is 0.477 e. The van der Waals surface area contributed by atoms with E-state index < -0.39 is 5.97 Å². The van der Waals surface area contributed by atoms with Gasteiger partial charge in [0.25, 0.3) is 5.91 Å². The molecule has 9 nitrogen and oxygen atoms in total. The maximum Gasteiger partial charge on any atom is 0.348 e. The lowest BCUT2D eigenvalue weighted by atomic mass is 10.0. The van der Waals surface area contributed by atoms with E-state index in [1.54, 1.807) is 22.1 Å². The Morgan fingerprint density at radius 3 is 2.74 bits per heavy atom. The van der Waals surface area contributed by atoms with Crippen LogP contribution in [0.15, 0.2) is 28.1 Å². The Labute approximate surface area is 214 Å². The van der Waals surface area contributed by atoms with Crippen LogP contribution in [0.5, 0.6) is 0 Å². The summed E-state index contributed by atoms with van der Waals surface area (Å²) in [6.07, 6.45) is 1.71. The van der Waals surface area contributed by atoms with Gasteiger partial charge in [0, 0.05) is 36.6 Å². The van der Waals surface area contributed by atoms with E-state index in [1.165, 1.54) is 11.3 Å². The predicted octanol–water partition coefficient (Wildman–Crippen LogP) is 4.82. The minimum Gasteiger partial charge on any atom is -0.477 e. The van der Waals surface area contributed by atoms with Gasteiger partial charge in [-0.3, -0.25) is 4.79 Å². The van der Waals surface area contributed by atoms with E-state index in [9.17, 15) is 14.7 Å². The van der Waals surface area contributed by atoms with Crippen LogP contribution in [-0.4, -0.2) is 61.8 Å². The Morgan fingerprint density at radius 2 is 2.09 bits per heavy atom. The molecule has 0 aromatic carbocycles. The number of carbonyl (C=O) groups excluding carboxylic acids is 1. The van der Waals surface area contributed by atoms with Crippen LogP contribution in [0.25, 0.3) is 21.7 Å². The van der Waals surface area contributed by atoms with Crippen molar-refractivity contribution >= 4 is 57.2 Å². The van der Waals surface area contributed by atoms with Gasteiger partial charge in [-0.25, -0.2) is 9.78 Å². The molecule has 0 aliphatic carbocycles. The zero-order valence-electron chi connectivity index (χ0n) is 19.2. The lowest BCUT2D eigenvalue weighted by Crippen LogP contribution is -2.47. The van der Waals surface area contributed by atoms with Crippen molar-refractivity contribution in [2.75, 3.05) is 13.1 Å². The zero-order valence-corrected chi connectivity index (χ0v) is 21.5. The van der Waals surface area contributed by atoms with E-state index in [0.717, 1.165) is 42.1 Å². The smallest absolute Gasteiger partial charge is 0.348 e. The summed E-state index contributed by atoms with van der Waals surface area (Å²) in [6.45, 7) is 6.39. The number of amides is 1. The third-order valence-corrected chi connectivity index (χ3v) is 8.39. The lowest BCUT2D eigenvalue weighted by molar-refractivity contribution is 0.0703. The van der Waals surface area contributed by atoms with Crippen molar-refractivity contribution in [1.29, 1.82) is 0 Å². The standard InChI is InChI=1S/C23H24ClN5O4S2/c1-12(2)28-7-5-13(6-8-28)25-22(30)21-26-19-15(11-34-20(19)23(31)32)29(21)10-14-9-16(33-27-14)17-3-4-18(24)35-17/h3-4,9,11-13H,5-8,10H2,1-2H3,(H,25,30)(H,31,32). The quantitative estimate of drug-likeness (QED) is 0.350. The molecule has 184 valence electrons. The maximum absolute atomic E-state index is 13.3. The molecule has 0 saturated carbocycles. The van der Waals surface area contributed by atoms with Crippen molar-refractivity contribution in [2.45, 2.75) is 45.3 Å². The molecule has 2 N–H and O–H groups in total. The highest BCUT2D eigenvalue weighted by Crippen LogP contribution is 2.32. The number of aromatic nitrogens is 3. The van der Waals surface area contributed by atoms with Crippen LogP contribution in [0, 0.1) is 0 Å². The number of hydrogen-bond acceptors (Lipinski definition) is 8. The molecular formula is C23H24ClN5O4S2. The monoisotopic (exact) mass is 533 g/mol. The fraction of sp³-hybridized carbons (Fsp3) is 0.391. The van der Waals surface area contributed by atoms with Gasteiger partial charge in [-0.15, -0.1) is 22.7 Å². The number of halogens is 1. The van der Waals surface area contributed by atoms with E-state index in [4.69, 9.17) is 16.1 Å². The molecule has 0 unspecified atom stereocenters. The average Bonchev–Trinajstić information content (AvgIpc) is 3.59. The number of carboxylic acids is 1. The Hall–Kier alpha value is -2.73. The molecule has 35 heavy (non-hydrogen) atoms. The molecule has 1 aliphatic rings. The topological polar surface area (TPSA) is 113 Å². The number of piperidine rings is 1. The third-order valence-electron chi connectivity index (χ3n) is 6.20. The second-order valence-electron chi connectivity index (χ2n) is 8.79. The molecule has 0 atom stereocenters. The fourth-order valence-corrected chi connectivity index (χ4v) is 6.15. The van der Waals surface area contributed by atoms with E-state index in [1.807, 2.05) is 6.07 Å². The van der Waals surface area contributed by atoms with E-state index >= 15 is 0 Å². The first-order valence-corrected chi connectivity index (χ1v) is 13.3. The molecule has 4 aromatic heterocycles. The highest BCUT2D eigenvalue weighted by atomic mass is 35.5. The number of aromatic carboxylic acids is 1. The molecule has 0 radical (unpaired) electrons. The van der Waals surface area contributed by atoms with Gasteiger partial charge in [0.2, 0.25) is 0 Å². The van der Waals surface area contributed by atoms with Crippen LogP contribution >= 0.6 is 34.3 Å². The van der Waals surface area contributed by atoms with Gasteiger partial charge in [-0.2, -0.15) is 0 Å². The highest BCUT2D eigenvalue weighted by Gasteiger charge is 2.27. The van der Waals surface area contributed by atoms with Crippen LogP contribution < -0.4 is 5.32 Å². The van der Waals surface area contributed by atoms with Gasteiger partial charge in [0.05, 0.1) is 21.3 Å².